The van der Waals surface area contributed by atoms with E-state index in [0.29, 0.717) is 23.3 Å². The lowest BCUT2D eigenvalue weighted by molar-refractivity contribution is 0.0896. The molecular formula is C20H22FNO3S. The zero-order valence-corrected chi connectivity index (χ0v) is 15.6. The van der Waals surface area contributed by atoms with Crippen molar-refractivity contribution in [2.24, 2.45) is 5.92 Å². The zero-order chi connectivity index (χ0) is 18.9. The van der Waals surface area contributed by atoms with Crippen LogP contribution in [-0.2, 0) is 9.84 Å². The van der Waals surface area contributed by atoms with Crippen molar-refractivity contribution in [3.63, 3.8) is 0 Å². The number of rotatable bonds is 5. The molecule has 2 aromatic carbocycles. The molecule has 138 valence electrons. The van der Waals surface area contributed by atoms with Crippen LogP contribution in [0.15, 0.2) is 47.4 Å². The highest BCUT2D eigenvalue weighted by atomic mass is 32.2. The van der Waals surface area contributed by atoms with Gasteiger partial charge in [-0.2, -0.15) is 0 Å². The Labute approximate surface area is 153 Å². The Morgan fingerprint density at radius 3 is 2.54 bits per heavy atom. The van der Waals surface area contributed by atoms with Crippen LogP contribution >= 0.6 is 0 Å². The second kappa shape index (κ2) is 7.19. The molecule has 1 amide bonds. The molecule has 1 fully saturated rings. The molecule has 0 unspecified atom stereocenters. The molecule has 3 rings (SSSR count). The number of carbonyl (C=O) groups is 1. The molecule has 26 heavy (non-hydrogen) atoms. The molecule has 6 heteroatoms. The Hall–Kier alpha value is -2.21. The minimum atomic E-state index is -3.32. The third-order valence-electron chi connectivity index (χ3n) is 4.81. The molecule has 0 spiro atoms. The van der Waals surface area contributed by atoms with Gasteiger partial charge < -0.3 is 5.32 Å². The van der Waals surface area contributed by atoms with Gasteiger partial charge in [0.25, 0.3) is 5.91 Å². The fourth-order valence-corrected chi connectivity index (χ4v) is 4.94. The summed E-state index contributed by atoms with van der Waals surface area (Å²) in [6.45, 7) is 3.50. The number of halogens is 1. The third-order valence-corrected chi connectivity index (χ3v) is 6.69. The van der Waals surface area contributed by atoms with Crippen LogP contribution in [0, 0.1) is 25.6 Å². The first-order valence-electron chi connectivity index (χ1n) is 8.61. The van der Waals surface area contributed by atoms with E-state index in [0.717, 1.165) is 5.56 Å². The first-order chi connectivity index (χ1) is 12.2. The quantitative estimate of drug-likeness (QED) is 0.871. The Morgan fingerprint density at radius 2 is 1.88 bits per heavy atom. The number of sulfone groups is 1. The molecule has 1 saturated carbocycles. The fraction of sp³-hybridized carbons (Fsp3) is 0.350. The van der Waals surface area contributed by atoms with Crippen molar-refractivity contribution in [2.45, 2.75) is 37.6 Å². The number of benzene rings is 2. The summed E-state index contributed by atoms with van der Waals surface area (Å²) in [7, 11) is -3.32. The van der Waals surface area contributed by atoms with Crippen molar-refractivity contribution in [1.82, 2.24) is 5.32 Å². The summed E-state index contributed by atoms with van der Waals surface area (Å²) in [5.74, 6) is -0.620. The second-order valence-corrected chi connectivity index (χ2v) is 9.10. The van der Waals surface area contributed by atoms with Crippen molar-refractivity contribution >= 4 is 15.7 Å². The minimum absolute atomic E-state index is 0.0283. The van der Waals surface area contributed by atoms with Crippen LogP contribution in [0.4, 0.5) is 4.39 Å². The maximum absolute atomic E-state index is 13.6. The molecule has 0 saturated heterocycles. The molecule has 1 N–H and O–H groups in total. The summed E-state index contributed by atoms with van der Waals surface area (Å²) in [4.78, 5) is 12.5. The molecule has 2 aromatic rings. The lowest BCUT2D eigenvalue weighted by atomic mass is 9.81. The molecule has 1 aliphatic carbocycles. The maximum Gasteiger partial charge on any atom is 0.251 e. The van der Waals surface area contributed by atoms with Gasteiger partial charge in [0.15, 0.2) is 9.84 Å². The number of aryl methyl sites for hydroxylation is 2. The van der Waals surface area contributed by atoms with Crippen molar-refractivity contribution in [2.75, 3.05) is 5.75 Å². The molecule has 0 bridgehead atoms. The van der Waals surface area contributed by atoms with Gasteiger partial charge in [0.1, 0.15) is 5.82 Å². The molecule has 0 radical (unpaired) electrons. The van der Waals surface area contributed by atoms with Gasteiger partial charge >= 0.3 is 0 Å². The summed E-state index contributed by atoms with van der Waals surface area (Å²) in [5.41, 5.74) is 1.69. The molecule has 0 aromatic heterocycles. The second-order valence-electron chi connectivity index (χ2n) is 7.07. The standard InChI is InChI=1S/C20H22FNO3S/c1-13-4-3-5-18(8-13)26(24,25)12-15-9-17(10-15)22-20(23)16-7-6-14(2)19(21)11-16/h3-8,11,15,17H,9-10,12H2,1-2H3,(H,22,23)/t15-,17-. The third kappa shape index (κ3) is 4.12. The van der Waals surface area contributed by atoms with Crippen LogP contribution in [0.25, 0.3) is 0 Å². The van der Waals surface area contributed by atoms with Gasteiger partial charge in [0.05, 0.1) is 10.6 Å². The van der Waals surface area contributed by atoms with Crippen molar-refractivity contribution in [1.29, 1.82) is 0 Å². The number of amides is 1. The summed E-state index contributed by atoms with van der Waals surface area (Å²) in [6.07, 6.45) is 1.23. The SMILES string of the molecule is Cc1cccc(S(=O)(=O)C[C@H]2C[C@H](NC(=O)c3ccc(C)c(F)c3)C2)c1. The average molecular weight is 375 g/mol. The fourth-order valence-electron chi connectivity index (χ4n) is 3.21. The molecule has 0 atom stereocenters. The van der Waals surface area contributed by atoms with E-state index in [1.165, 1.54) is 6.07 Å². The first-order valence-corrected chi connectivity index (χ1v) is 10.3. The van der Waals surface area contributed by atoms with Gasteiger partial charge in [0, 0.05) is 11.6 Å². The lowest BCUT2D eigenvalue weighted by Crippen LogP contribution is -2.46. The van der Waals surface area contributed by atoms with Gasteiger partial charge in [-0.3, -0.25) is 4.79 Å². The number of hydrogen-bond donors (Lipinski definition) is 1. The van der Waals surface area contributed by atoms with E-state index in [4.69, 9.17) is 0 Å². The summed E-state index contributed by atoms with van der Waals surface area (Å²) in [5, 5.41) is 2.84. The Kier molecular flexibility index (Phi) is 5.14. The highest BCUT2D eigenvalue weighted by molar-refractivity contribution is 7.91. The van der Waals surface area contributed by atoms with Crippen LogP contribution in [0.5, 0.6) is 0 Å². The Morgan fingerprint density at radius 1 is 1.15 bits per heavy atom. The predicted octanol–water partition coefficient (Wildman–Crippen LogP) is 3.42. The summed E-state index contributed by atoms with van der Waals surface area (Å²) >= 11 is 0. The highest BCUT2D eigenvalue weighted by Crippen LogP contribution is 2.31. The zero-order valence-electron chi connectivity index (χ0n) is 14.8. The Bertz CT molecular complexity index is 934. The number of carbonyl (C=O) groups excluding carboxylic acids is 1. The Balaban J connectivity index is 1.54. The van der Waals surface area contributed by atoms with Crippen LogP contribution < -0.4 is 5.32 Å². The lowest BCUT2D eigenvalue weighted by Gasteiger charge is -2.35. The van der Waals surface area contributed by atoms with Gasteiger partial charge in [-0.1, -0.05) is 18.2 Å². The van der Waals surface area contributed by atoms with Crippen LogP contribution in [-0.4, -0.2) is 26.1 Å². The topological polar surface area (TPSA) is 63.2 Å². The number of nitrogens with one attached hydrogen (secondary N) is 1. The molecule has 0 heterocycles. The normalized spacial score (nSPS) is 19.7. The van der Waals surface area contributed by atoms with Crippen LogP contribution in [0.1, 0.15) is 34.3 Å². The van der Waals surface area contributed by atoms with Gasteiger partial charge in [-0.15, -0.1) is 0 Å². The maximum atomic E-state index is 13.6. The van der Waals surface area contributed by atoms with E-state index in [1.54, 1.807) is 37.3 Å². The van der Waals surface area contributed by atoms with E-state index in [-0.39, 0.29) is 29.2 Å². The number of hydrogen-bond acceptors (Lipinski definition) is 3. The van der Waals surface area contributed by atoms with Crippen molar-refractivity contribution in [3.05, 3.63) is 65.0 Å². The van der Waals surface area contributed by atoms with Crippen molar-refractivity contribution < 1.29 is 17.6 Å². The smallest absolute Gasteiger partial charge is 0.251 e. The largest absolute Gasteiger partial charge is 0.349 e. The molecule has 0 aliphatic heterocycles. The van der Waals surface area contributed by atoms with E-state index in [1.807, 2.05) is 13.0 Å². The van der Waals surface area contributed by atoms with E-state index in [2.05, 4.69) is 5.32 Å². The van der Waals surface area contributed by atoms with E-state index in [9.17, 15) is 17.6 Å². The van der Waals surface area contributed by atoms with Gasteiger partial charge in [-0.05, 0) is 68.0 Å². The summed E-state index contributed by atoms with van der Waals surface area (Å²) in [6, 6.07) is 11.2. The van der Waals surface area contributed by atoms with Crippen LogP contribution in [0.2, 0.25) is 0 Å². The molecular weight excluding hydrogens is 353 g/mol. The monoisotopic (exact) mass is 375 g/mol. The van der Waals surface area contributed by atoms with E-state index >= 15 is 0 Å². The first kappa shape index (κ1) is 18.6. The van der Waals surface area contributed by atoms with E-state index < -0.39 is 15.7 Å². The predicted molar refractivity (Wildman–Crippen MR) is 98.3 cm³/mol. The molecule has 4 nitrogen and oxygen atoms in total. The molecule has 1 aliphatic rings. The minimum Gasteiger partial charge on any atom is -0.349 e. The van der Waals surface area contributed by atoms with Crippen molar-refractivity contribution in [3.8, 4) is 0 Å². The summed E-state index contributed by atoms with van der Waals surface area (Å²) < 4.78 is 38.5. The van der Waals surface area contributed by atoms with Crippen LogP contribution in [0.3, 0.4) is 0 Å². The van der Waals surface area contributed by atoms with Gasteiger partial charge in [-0.25, -0.2) is 12.8 Å². The highest BCUT2D eigenvalue weighted by Gasteiger charge is 2.34. The average Bonchev–Trinajstić information content (AvgIpc) is 2.55. The van der Waals surface area contributed by atoms with Gasteiger partial charge in [0.2, 0.25) is 0 Å².